The molecule has 0 aromatic heterocycles. The predicted octanol–water partition coefficient (Wildman–Crippen LogP) is 2.83. The van der Waals surface area contributed by atoms with Gasteiger partial charge in [-0.2, -0.15) is 0 Å². The van der Waals surface area contributed by atoms with Crippen molar-refractivity contribution in [3.8, 4) is 0 Å². The zero-order valence-corrected chi connectivity index (χ0v) is 12.8. The van der Waals surface area contributed by atoms with Gasteiger partial charge < -0.3 is 11.1 Å². The molecule has 0 spiro atoms. The van der Waals surface area contributed by atoms with Crippen molar-refractivity contribution >= 4 is 21.8 Å². The quantitative estimate of drug-likeness (QED) is 0.842. The van der Waals surface area contributed by atoms with E-state index in [1.807, 2.05) is 13.8 Å². The van der Waals surface area contributed by atoms with Crippen LogP contribution in [0.2, 0.25) is 0 Å². The molecule has 0 heterocycles. The van der Waals surface area contributed by atoms with Crippen LogP contribution in [0.15, 0.2) is 22.7 Å². The maximum atomic E-state index is 13.5. The van der Waals surface area contributed by atoms with Gasteiger partial charge >= 0.3 is 0 Å². The van der Waals surface area contributed by atoms with Gasteiger partial charge in [-0.15, -0.1) is 0 Å². The number of nitrogens with one attached hydrogen (secondary N) is 1. The molecule has 0 bridgehead atoms. The van der Waals surface area contributed by atoms with Crippen LogP contribution in [0.4, 0.5) is 4.39 Å². The number of rotatable bonds is 6. The highest BCUT2D eigenvalue weighted by atomic mass is 79.9. The van der Waals surface area contributed by atoms with Crippen molar-refractivity contribution in [2.75, 3.05) is 6.54 Å². The summed E-state index contributed by atoms with van der Waals surface area (Å²) in [6, 6.07) is 4.66. The first-order chi connectivity index (χ1) is 8.93. The molecule has 0 aliphatic heterocycles. The van der Waals surface area contributed by atoms with Gasteiger partial charge in [-0.3, -0.25) is 4.79 Å². The van der Waals surface area contributed by atoms with Gasteiger partial charge in [-0.25, -0.2) is 4.39 Å². The van der Waals surface area contributed by atoms with Crippen molar-refractivity contribution in [1.29, 1.82) is 0 Å². The molecule has 0 saturated heterocycles. The van der Waals surface area contributed by atoms with E-state index >= 15 is 0 Å². The van der Waals surface area contributed by atoms with E-state index in [-0.39, 0.29) is 24.2 Å². The third-order valence-corrected chi connectivity index (χ3v) is 3.37. The van der Waals surface area contributed by atoms with Crippen LogP contribution in [0.25, 0.3) is 0 Å². The van der Waals surface area contributed by atoms with Crippen molar-refractivity contribution < 1.29 is 9.18 Å². The molecule has 0 saturated carbocycles. The summed E-state index contributed by atoms with van der Waals surface area (Å²) in [6.07, 6.45) is 0.739. The van der Waals surface area contributed by atoms with Crippen molar-refractivity contribution in [1.82, 2.24) is 5.32 Å². The molecular formula is C14H20BrFN2O. The van der Waals surface area contributed by atoms with Crippen molar-refractivity contribution in [2.24, 2.45) is 17.6 Å². The van der Waals surface area contributed by atoms with Crippen LogP contribution in [0.5, 0.6) is 0 Å². The van der Waals surface area contributed by atoms with Crippen LogP contribution in [-0.4, -0.2) is 12.5 Å². The average Bonchev–Trinajstić information content (AvgIpc) is 2.36. The number of nitrogens with two attached hydrogens (primary N) is 1. The number of carbonyl (C=O) groups is 1. The Morgan fingerprint density at radius 2 is 2.16 bits per heavy atom. The third-order valence-electron chi connectivity index (χ3n) is 2.87. The van der Waals surface area contributed by atoms with Crippen LogP contribution in [0.3, 0.4) is 0 Å². The SMILES string of the molecule is CC(C)CC(CN)C(=O)NCc1cc(Br)ccc1F. The molecular weight excluding hydrogens is 311 g/mol. The molecule has 1 aromatic carbocycles. The fourth-order valence-corrected chi connectivity index (χ4v) is 2.29. The van der Waals surface area contributed by atoms with E-state index in [1.165, 1.54) is 6.07 Å². The van der Waals surface area contributed by atoms with Crippen molar-refractivity contribution in [3.63, 3.8) is 0 Å². The fraction of sp³-hybridized carbons (Fsp3) is 0.500. The lowest BCUT2D eigenvalue weighted by Crippen LogP contribution is -2.35. The van der Waals surface area contributed by atoms with E-state index in [2.05, 4.69) is 21.2 Å². The summed E-state index contributed by atoms with van der Waals surface area (Å²) in [7, 11) is 0. The Hall–Kier alpha value is -0.940. The first kappa shape index (κ1) is 16.1. The highest BCUT2D eigenvalue weighted by Crippen LogP contribution is 2.16. The smallest absolute Gasteiger partial charge is 0.224 e. The Morgan fingerprint density at radius 1 is 1.47 bits per heavy atom. The minimum Gasteiger partial charge on any atom is -0.352 e. The Labute approximate surface area is 121 Å². The molecule has 0 radical (unpaired) electrons. The standard InChI is InChI=1S/C14H20BrFN2O/c1-9(2)5-10(7-17)14(19)18-8-11-6-12(15)3-4-13(11)16/h3-4,6,9-10H,5,7-8,17H2,1-2H3,(H,18,19). The summed E-state index contributed by atoms with van der Waals surface area (Å²) in [5.41, 5.74) is 6.06. The molecule has 19 heavy (non-hydrogen) atoms. The fourth-order valence-electron chi connectivity index (χ4n) is 1.88. The summed E-state index contributed by atoms with van der Waals surface area (Å²) in [5.74, 6) is -0.246. The Morgan fingerprint density at radius 3 is 2.74 bits per heavy atom. The highest BCUT2D eigenvalue weighted by Gasteiger charge is 2.18. The number of carbonyl (C=O) groups excluding carboxylic acids is 1. The largest absolute Gasteiger partial charge is 0.352 e. The van der Waals surface area contributed by atoms with Crippen LogP contribution in [-0.2, 0) is 11.3 Å². The van der Waals surface area contributed by atoms with Gasteiger partial charge in [0.25, 0.3) is 0 Å². The topological polar surface area (TPSA) is 55.1 Å². The van der Waals surface area contributed by atoms with Gasteiger partial charge in [-0.05, 0) is 30.5 Å². The first-order valence-corrected chi connectivity index (χ1v) is 7.15. The van der Waals surface area contributed by atoms with Gasteiger partial charge in [-0.1, -0.05) is 29.8 Å². The lowest BCUT2D eigenvalue weighted by Gasteiger charge is -2.17. The molecule has 1 unspecified atom stereocenters. The van der Waals surface area contributed by atoms with Gasteiger partial charge in [0.05, 0.1) is 5.92 Å². The van der Waals surface area contributed by atoms with E-state index in [4.69, 9.17) is 5.73 Å². The number of halogens is 2. The first-order valence-electron chi connectivity index (χ1n) is 6.35. The second-order valence-electron chi connectivity index (χ2n) is 5.02. The lowest BCUT2D eigenvalue weighted by atomic mass is 9.96. The number of hydrogen-bond acceptors (Lipinski definition) is 2. The molecule has 0 aliphatic carbocycles. The zero-order valence-electron chi connectivity index (χ0n) is 11.2. The van der Waals surface area contributed by atoms with E-state index < -0.39 is 0 Å². The molecule has 3 nitrogen and oxygen atoms in total. The van der Waals surface area contributed by atoms with Gasteiger partial charge in [0.15, 0.2) is 0 Å². The molecule has 106 valence electrons. The summed E-state index contributed by atoms with van der Waals surface area (Å²) >= 11 is 3.28. The van der Waals surface area contributed by atoms with E-state index in [0.717, 1.165) is 10.9 Å². The molecule has 1 aromatic rings. The molecule has 3 N–H and O–H groups in total. The van der Waals surface area contributed by atoms with E-state index in [9.17, 15) is 9.18 Å². The van der Waals surface area contributed by atoms with Gasteiger partial charge in [0.1, 0.15) is 5.82 Å². The second kappa shape index (κ2) is 7.60. The Balaban J connectivity index is 2.60. The van der Waals surface area contributed by atoms with Gasteiger partial charge in [0, 0.05) is 23.1 Å². The van der Waals surface area contributed by atoms with Gasteiger partial charge in [0.2, 0.25) is 5.91 Å². The zero-order chi connectivity index (χ0) is 14.4. The van der Waals surface area contributed by atoms with Crippen LogP contribution in [0.1, 0.15) is 25.8 Å². The molecule has 1 atom stereocenters. The van der Waals surface area contributed by atoms with Crippen LogP contribution >= 0.6 is 15.9 Å². The third kappa shape index (κ3) is 5.28. The summed E-state index contributed by atoms with van der Waals surface area (Å²) in [4.78, 5) is 12.0. The highest BCUT2D eigenvalue weighted by molar-refractivity contribution is 9.10. The predicted molar refractivity (Wildman–Crippen MR) is 77.9 cm³/mol. The summed E-state index contributed by atoms with van der Waals surface area (Å²) < 4.78 is 14.3. The average molecular weight is 331 g/mol. The monoisotopic (exact) mass is 330 g/mol. The summed E-state index contributed by atoms with van der Waals surface area (Å²) in [6.45, 7) is 4.58. The van der Waals surface area contributed by atoms with Crippen molar-refractivity contribution in [2.45, 2.75) is 26.8 Å². The normalized spacial score (nSPS) is 12.5. The summed E-state index contributed by atoms with van der Waals surface area (Å²) in [5, 5.41) is 2.74. The minimum absolute atomic E-state index is 0.115. The van der Waals surface area contributed by atoms with Crippen LogP contribution < -0.4 is 11.1 Å². The number of benzene rings is 1. The number of hydrogen-bond donors (Lipinski definition) is 2. The molecule has 1 rings (SSSR count). The molecule has 0 fully saturated rings. The molecule has 5 heteroatoms. The molecule has 0 aliphatic rings. The van der Waals surface area contributed by atoms with E-state index in [1.54, 1.807) is 12.1 Å². The number of amides is 1. The maximum Gasteiger partial charge on any atom is 0.224 e. The van der Waals surface area contributed by atoms with Crippen molar-refractivity contribution in [3.05, 3.63) is 34.1 Å². The maximum absolute atomic E-state index is 13.5. The lowest BCUT2D eigenvalue weighted by molar-refractivity contribution is -0.125. The minimum atomic E-state index is -0.323. The Kier molecular flexibility index (Phi) is 6.45. The van der Waals surface area contributed by atoms with Crippen LogP contribution in [0, 0.1) is 17.7 Å². The Bertz CT molecular complexity index is 437. The van der Waals surface area contributed by atoms with E-state index in [0.29, 0.717) is 18.0 Å². The molecule has 1 amide bonds. The second-order valence-corrected chi connectivity index (χ2v) is 5.93.